The molecule has 0 aromatic carbocycles. The summed E-state index contributed by atoms with van der Waals surface area (Å²) < 4.78 is 1.70. The van der Waals surface area contributed by atoms with E-state index in [1.165, 1.54) is 12.4 Å². The first kappa shape index (κ1) is 11.3. The summed E-state index contributed by atoms with van der Waals surface area (Å²) in [6.07, 6.45) is 6.33. The fraction of sp³-hybridized carbons (Fsp3) is 0.0833. The molecule has 3 rings (SSSR count). The van der Waals surface area contributed by atoms with Gasteiger partial charge in [0.25, 0.3) is 5.91 Å². The molecular formula is C12H10N6O. The number of aromatic nitrogens is 5. The second-order valence-electron chi connectivity index (χ2n) is 4.03. The second kappa shape index (κ2) is 4.13. The van der Waals surface area contributed by atoms with E-state index in [0.29, 0.717) is 17.2 Å². The zero-order valence-corrected chi connectivity index (χ0v) is 10.1. The number of hydrogen-bond acceptors (Lipinski definition) is 5. The summed E-state index contributed by atoms with van der Waals surface area (Å²) in [7, 11) is 0. The number of nitrogens with zero attached hydrogens (tertiary/aromatic N) is 5. The third kappa shape index (κ3) is 1.90. The average molecular weight is 254 g/mol. The van der Waals surface area contributed by atoms with Crippen LogP contribution in [0.2, 0.25) is 0 Å². The Morgan fingerprint density at radius 1 is 1.26 bits per heavy atom. The van der Waals surface area contributed by atoms with Gasteiger partial charge in [-0.25, -0.2) is 19.9 Å². The molecule has 0 aliphatic rings. The number of carbonyl (C=O) groups is 1. The molecule has 3 aromatic heterocycles. The minimum Gasteiger partial charge on any atom is -0.364 e. The van der Waals surface area contributed by atoms with Crippen molar-refractivity contribution in [2.24, 2.45) is 5.73 Å². The molecule has 0 aliphatic heterocycles. The van der Waals surface area contributed by atoms with Gasteiger partial charge in [-0.15, -0.1) is 0 Å². The lowest BCUT2D eigenvalue weighted by molar-refractivity contribution is 0.0995. The van der Waals surface area contributed by atoms with E-state index in [2.05, 4.69) is 19.9 Å². The van der Waals surface area contributed by atoms with Gasteiger partial charge >= 0.3 is 0 Å². The lowest BCUT2D eigenvalue weighted by Gasteiger charge is -2.02. The molecule has 7 heteroatoms. The average Bonchev–Trinajstić information content (AvgIpc) is 2.81. The number of aryl methyl sites for hydroxylation is 1. The summed E-state index contributed by atoms with van der Waals surface area (Å²) >= 11 is 0. The highest BCUT2D eigenvalue weighted by Gasteiger charge is 2.11. The molecule has 0 radical (unpaired) electrons. The highest BCUT2D eigenvalue weighted by atomic mass is 16.1. The van der Waals surface area contributed by atoms with Crippen molar-refractivity contribution >= 4 is 11.6 Å². The van der Waals surface area contributed by atoms with Crippen LogP contribution in [-0.4, -0.2) is 30.2 Å². The Hall–Kier alpha value is -2.83. The Labute approximate surface area is 108 Å². The Morgan fingerprint density at radius 2 is 2.11 bits per heavy atom. The molecule has 19 heavy (non-hydrogen) atoms. The number of carbonyl (C=O) groups excluding carboxylic acids is 1. The summed E-state index contributed by atoms with van der Waals surface area (Å²) in [5.41, 5.74) is 7.52. The minimum absolute atomic E-state index is 0.166. The van der Waals surface area contributed by atoms with Crippen molar-refractivity contribution in [2.45, 2.75) is 6.92 Å². The predicted octanol–water partition coefficient (Wildman–Crippen LogP) is 0.594. The van der Waals surface area contributed by atoms with Crippen molar-refractivity contribution < 1.29 is 4.79 Å². The van der Waals surface area contributed by atoms with Gasteiger partial charge in [-0.05, 0) is 13.0 Å². The molecule has 3 heterocycles. The fourth-order valence-electron chi connectivity index (χ4n) is 1.75. The zero-order valence-electron chi connectivity index (χ0n) is 10.1. The smallest absolute Gasteiger partial charge is 0.268 e. The molecule has 7 nitrogen and oxygen atoms in total. The highest BCUT2D eigenvalue weighted by Crippen LogP contribution is 2.16. The summed E-state index contributed by atoms with van der Waals surface area (Å²) in [6.45, 7) is 1.88. The molecule has 0 saturated heterocycles. The summed E-state index contributed by atoms with van der Waals surface area (Å²) in [6, 6.07) is 1.81. The number of hydrogen-bond donors (Lipinski definition) is 1. The van der Waals surface area contributed by atoms with Crippen LogP contribution in [0.15, 0.2) is 30.9 Å². The van der Waals surface area contributed by atoms with Gasteiger partial charge in [0.2, 0.25) is 0 Å². The minimum atomic E-state index is -0.591. The van der Waals surface area contributed by atoms with Gasteiger partial charge in [-0.1, -0.05) is 0 Å². The Balaban J connectivity index is 2.24. The van der Waals surface area contributed by atoms with E-state index in [1.54, 1.807) is 16.8 Å². The SMILES string of the molecule is Cc1ccnc(-c2cnc3cnc(C(N)=O)cn23)n1. The van der Waals surface area contributed by atoms with E-state index in [1.807, 2.05) is 13.0 Å². The predicted molar refractivity (Wildman–Crippen MR) is 67.3 cm³/mol. The van der Waals surface area contributed by atoms with Crippen LogP contribution < -0.4 is 5.73 Å². The molecule has 2 N–H and O–H groups in total. The first-order valence-corrected chi connectivity index (χ1v) is 5.58. The van der Waals surface area contributed by atoms with Crippen molar-refractivity contribution in [1.82, 2.24) is 24.3 Å². The van der Waals surface area contributed by atoms with Gasteiger partial charge in [0.05, 0.1) is 12.4 Å². The van der Waals surface area contributed by atoms with Crippen LogP contribution in [0.3, 0.4) is 0 Å². The van der Waals surface area contributed by atoms with Crippen LogP contribution >= 0.6 is 0 Å². The largest absolute Gasteiger partial charge is 0.364 e. The molecule has 94 valence electrons. The quantitative estimate of drug-likeness (QED) is 0.721. The standard InChI is InChI=1S/C12H10N6O/c1-7-2-3-14-12(17-7)9-4-16-10-5-15-8(11(13)19)6-18(9)10/h2-6H,1H3,(H2,13,19). The maximum absolute atomic E-state index is 11.2. The molecule has 0 fully saturated rings. The first-order valence-electron chi connectivity index (χ1n) is 5.58. The number of nitrogens with two attached hydrogens (primary N) is 1. The number of fused-ring (bicyclic) bond motifs is 1. The van der Waals surface area contributed by atoms with Crippen LogP contribution in [0.5, 0.6) is 0 Å². The van der Waals surface area contributed by atoms with Gasteiger partial charge in [0.1, 0.15) is 11.4 Å². The molecule has 0 unspecified atom stereocenters. The van der Waals surface area contributed by atoms with Gasteiger partial charge in [0, 0.05) is 18.1 Å². The normalized spacial score (nSPS) is 10.8. The molecule has 0 bridgehead atoms. The maximum Gasteiger partial charge on any atom is 0.268 e. The monoisotopic (exact) mass is 254 g/mol. The van der Waals surface area contributed by atoms with Crippen LogP contribution in [0.25, 0.3) is 17.2 Å². The van der Waals surface area contributed by atoms with E-state index >= 15 is 0 Å². The number of amides is 1. The van der Waals surface area contributed by atoms with Gasteiger partial charge in [0.15, 0.2) is 11.5 Å². The lowest BCUT2D eigenvalue weighted by atomic mass is 10.3. The molecule has 0 spiro atoms. The third-order valence-corrected chi connectivity index (χ3v) is 2.67. The first-order chi connectivity index (χ1) is 9.15. The van der Waals surface area contributed by atoms with Crippen LogP contribution in [0.1, 0.15) is 16.2 Å². The zero-order chi connectivity index (χ0) is 13.4. The summed E-state index contributed by atoms with van der Waals surface area (Å²) in [4.78, 5) is 27.8. The van der Waals surface area contributed by atoms with Crippen molar-refractivity contribution in [3.63, 3.8) is 0 Å². The summed E-state index contributed by atoms with van der Waals surface area (Å²) in [5, 5.41) is 0. The molecule has 0 aliphatic carbocycles. The number of rotatable bonds is 2. The molecule has 1 amide bonds. The van der Waals surface area contributed by atoms with Crippen LogP contribution in [0, 0.1) is 6.92 Å². The van der Waals surface area contributed by atoms with Crippen molar-refractivity contribution in [2.75, 3.05) is 0 Å². The van der Waals surface area contributed by atoms with E-state index in [-0.39, 0.29) is 5.69 Å². The van der Waals surface area contributed by atoms with E-state index in [4.69, 9.17) is 5.73 Å². The van der Waals surface area contributed by atoms with Crippen LogP contribution in [-0.2, 0) is 0 Å². The molecule has 0 saturated carbocycles. The third-order valence-electron chi connectivity index (χ3n) is 2.67. The van der Waals surface area contributed by atoms with Gasteiger partial charge < -0.3 is 5.73 Å². The maximum atomic E-state index is 11.2. The van der Waals surface area contributed by atoms with E-state index in [0.717, 1.165) is 5.69 Å². The van der Waals surface area contributed by atoms with Crippen molar-refractivity contribution in [3.8, 4) is 11.5 Å². The fourth-order valence-corrected chi connectivity index (χ4v) is 1.75. The second-order valence-corrected chi connectivity index (χ2v) is 4.03. The molecule has 3 aromatic rings. The topological polar surface area (TPSA) is 99.1 Å². The molecule has 0 atom stereocenters. The van der Waals surface area contributed by atoms with E-state index in [9.17, 15) is 4.79 Å². The highest BCUT2D eigenvalue weighted by molar-refractivity contribution is 5.90. The van der Waals surface area contributed by atoms with Gasteiger partial charge in [-0.2, -0.15) is 0 Å². The van der Waals surface area contributed by atoms with E-state index < -0.39 is 5.91 Å². The van der Waals surface area contributed by atoms with Crippen molar-refractivity contribution in [3.05, 3.63) is 42.2 Å². The lowest BCUT2D eigenvalue weighted by Crippen LogP contribution is -2.14. The molecular weight excluding hydrogens is 244 g/mol. The van der Waals surface area contributed by atoms with Gasteiger partial charge in [-0.3, -0.25) is 9.20 Å². The van der Waals surface area contributed by atoms with Crippen LogP contribution in [0.4, 0.5) is 0 Å². The number of primary amides is 1. The Kier molecular flexibility index (Phi) is 2.45. The number of imidazole rings is 1. The Bertz CT molecular complexity index is 779. The summed E-state index contributed by atoms with van der Waals surface area (Å²) in [5.74, 6) is -0.0548. The van der Waals surface area contributed by atoms with Crippen molar-refractivity contribution in [1.29, 1.82) is 0 Å². The Morgan fingerprint density at radius 3 is 2.84 bits per heavy atom.